The fraction of sp³-hybridized carbons (Fsp3) is 0.150. The maximum absolute atomic E-state index is 5.26. The van der Waals surface area contributed by atoms with Crippen molar-refractivity contribution in [1.82, 2.24) is 0 Å². The number of anilines is 1. The van der Waals surface area contributed by atoms with Crippen LogP contribution in [0.15, 0.2) is 65.8 Å². The molecule has 0 aliphatic carbocycles. The van der Waals surface area contributed by atoms with Crippen molar-refractivity contribution < 1.29 is 9.47 Å². The average Bonchev–Trinajstić information content (AvgIpc) is 2.65. The standard InChI is InChI=1S/C20H20N2O2/c1-14(21-22-18-5-4-6-19(13-18)23-2)15-7-8-17-12-20(24-3)10-9-16(17)11-15/h4-13,22H,1-3H3. The van der Waals surface area contributed by atoms with Gasteiger partial charge in [-0.1, -0.05) is 24.3 Å². The molecule has 3 aromatic carbocycles. The minimum absolute atomic E-state index is 0.799. The van der Waals surface area contributed by atoms with E-state index in [0.29, 0.717) is 0 Å². The number of benzene rings is 3. The zero-order valence-corrected chi connectivity index (χ0v) is 14.0. The van der Waals surface area contributed by atoms with Crippen LogP contribution in [0, 0.1) is 0 Å². The van der Waals surface area contributed by atoms with E-state index in [4.69, 9.17) is 9.47 Å². The summed E-state index contributed by atoms with van der Waals surface area (Å²) in [5.41, 5.74) is 5.94. The van der Waals surface area contributed by atoms with Crippen molar-refractivity contribution in [3.05, 3.63) is 66.2 Å². The number of fused-ring (bicyclic) bond motifs is 1. The number of hydrogen-bond acceptors (Lipinski definition) is 4. The van der Waals surface area contributed by atoms with Crippen LogP contribution in [0.1, 0.15) is 12.5 Å². The van der Waals surface area contributed by atoms with Crippen LogP contribution in [-0.2, 0) is 0 Å². The number of hydrazone groups is 1. The van der Waals surface area contributed by atoms with Crippen molar-refractivity contribution in [2.45, 2.75) is 6.92 Å². The lowest BCUT2D eigenvalue weighted by Gasteiger charge is -2.07. The number of nitrogens with one attached hydrogen (secondary N) is 1. The summed E-state index contributed by atoms with van der Waals surface area (Å²) in [7, 11) is 3.33. The third-order valence-corrected chi connectivity index (χ3v) is 3.89. The summed E-state index contributed by atoms with van der Waals surface area (Å²) in [6, 6.07) is 20.0. The molecule has 24 heavy (non-hydrogen) atoms. The van der Waals surface area contributed by atoms with Gasteiger partial charge in [0, 0.05) is 6.07 Å². The first-order valence-electron chi connectivity index (χ1n) is 7.72. The maximum atomic E-state index is 5.26. The van der Waals surface area contributed by atoms with Crippen LogP contribution in [0.4, 0.5) is 5.69 Å². The van der Waals surface area contributed by atoms with E-state index in [2.05, 4.69) is 34.8 Å². The Hall–Kier alpha value is -3.01. The van der Waals surface area contributed by atoms with Gasteiger partial charge in [-0.05, 0) is 53.6 Å². The first kappa shape index (κ1) is 15.9. The second-order valence-electron chi connectivity index (χ2n) is 5.47. The van der Waals surface area contributed by atoms with Crippen molar-refractivity contribution in [2.24, 2.45) is 5.10 Å². The van der Waals surface area contributed by atoms with E-state index < -0.39 is 0 Å². The molecule has 0 fully saturated rings. The molecule has 0 amide bonds. The van der Waals surface area contributed by atoms with Gasteiger partial charge in [-0.15, -0.1) is 0 Å². The van der Waals surface area contributed by atoms with E-state index >= 15 is 0 Å². The van der Waals surface area contributed by atoms with Gasteiger partial charge in [0.1, 0.15) is 11.5 Å². The molecule has 0 unspecified atom stereocenters. The Bertz CT molecular complexity index is 888. The fourth-order valence-electron chi connectivity index (χ4n) is 2.48. The van der Waals surface area contributed by atoms with E-state index in [1.165, 1.54) is 0 Å². The lowest BCUT2D eigenvalue weighted by atomic mass is 10.0. The molecule has 4 nitrogen and oxygen atoms in total. The number of hydrogen-bond donors (Lipinski definition) is 1. The van der Waals surface area contributed by atoms with Crippen molar-refractivity contribution in [3.63, 3.8) is 0 Å². The van der Waals surface area contributed by atoms with Crippen LogP contribution in [0.2, 0.25) is 0 Å². The smallest absolute Gasteiger partial charge is 0.120 e. The van der Waals surface area contributed by atoms with E-state index in [-0.39, 0.29) is 0 Å². The van der Waals surface area contributed by atoms with Gasteiger partial charge in [-0.25, -0.2) is 0 Å². The Morgan fingerprint density at radius 2 is 1.54 bits per heavy atom. The van der Waals surface area contributed by atoms with Crippen LogP contribution in [0.3, 0.4) is 0 Å². The Labute approximate surface area is 141 Å². The molecule has 0 aliphatic rings. The summed E-state index contributed by atoms with van der Waals surface area (Å²) in [6.07, 6.45) is 0. The highest BCUT2D eigenvalue weighted by Crippen LogP contribution is 2.22. The van der Waals surface area contributed by atoms with Crippen molar-refractivity contribution in [2.75, 3.05) is 19.6 Å². The van der Waals surface area contributed by atoms with E-state index in [1.807, 2.05) is 43.3 Å². The highest BCUT2D eigenvalue weighted by molar-refractivity contribution is 6.02. The van der Waals surface area contributed by atoms with Gasteiger partial charge in [0.25, 0.3) is 0 Å². The van der Waals surface area contributed by atoms with Crippen LogP contribution in [-0.4, -0.2) is 19.9 Å². The minimum atomic E-state index is 0.799. The Morgan fingerprint density at radius 3 is 2.33 bits per heavy atom. The number of ether oxygens (including phenoxy) is 2. The first-order valence-corrected chi connectivity index (χ1v) is 7.72. The van der Waals surface area contributed by atoms with Crippen molar-refractivity contribution in [3.8, 4) is 11.5 Å². The predicted octanol–water partition coefficient (Wildman–Crippen LogP) is 4.69. The van der Waals surface area contributed by atoms with E-state index in [0.717, 1.165) is 39.2 Å². The first-order chi connectivity index (χ1) is 11.7. The maximum Gasteiger partial charge on any atom is 0.120 e. The van der Waals surface area contributed by atoms with Gasteiger partial charge in [0.15, 0.2) is 0 Å². The average molecular weight is 320 g/mol. The molecule has 1 N–H and O–H groups in total. The van der Waals surface area contributed by atoms with Gasteiger partial charge in [-0.2, -0.15) is 5.10 Å². The molecule has 3 aromatic rings. The summed E-state index contributed by atoms with van der Waals surface area (Å²) < 4.78 is 10.5. The van der Waals surface area contributed by atoms with Crippen LogP contribution < -0.4 is 14.9 Å². The summed E-state index contributed by atoms with van der Waals surface area (Å²) in [5.74, 6) is 1.66. The van der Waals surface area contributed by atoms with Crippen LogP contribution >= 0.6 is 0 Å². The molecular weight excluding hydrogens is 300 g/mol. The third kappa shape index (κ3) is 3.49. The van der Waals surface area contributed by atoms with E-state index in [1.54, 1.807) is 14.2 Å². The molecule has 0 saturated carbocycles. The molecule has 0 aromatic heterocycles. The van der Waals surface area contributed by atoms with Crippen LogP contribution in [0.5, 0.6) is 11.5 Å². The largest absolute Gasteiger partial charge is 0.497 e. The monoisotopic (exact) mass is 320 g/mol. The van der Waals surface area contributed by atoms with Gasteiger partial charge >= 0.3 is 0 Å². The summed E-state index contributed by atoms with van der Waals surface area (Å²) in [4.78, 5) is 0. The highest BCUT2D eigenvalue weighted by atomic mass is 16.5. The fourth-order valence-corrected chi connectivity index (χ4v) is 2.48. The van der Waals surface area contributed by atoms with Crippen molar-refractivity contribution in [1.29, 1.82) is 0 Å². The zero-order valence-electron chi connectivity index (χ0n) is 14.0. The topological polar surface area (TPSA) is 42.8 Å². The zero-order chi connectivity index (χ0) is 16.9. The number of rotatable bonds is 5. The van der Waals surface area contributed by atoms with Gasteiger partial charge < -0.3 is 9.47 Å². The molecule has 4 heteroatoms. The Balaban J connectivity index is 1.83. The molecule has 0 atom stereocenters. The predicted molar refractivity (Wildman–Crippen MR) is 99.3 cm³/mol. The quantitative estimate of drug-likeness (QED) is 0.547. The molecule has 0 spiro atoms. The number of methoxy groups -OCH3 is 2. The highest BCUT2D eigenvalue weighted by Gasteiger charge is 2.02. The van der Waals surface area contributed by atoms with E-state index in [9.17, 15) is 0 Å². The lowest BCUT2D eigenvalue weighted by Crippen LogP contribution is -2.00. The Kier molecular flexibility index (Phi) is 4.66. The molecular formula is C20H20N2O2. The molecule has 0 aliphatic heterocycles. The molecule has 0 radical (unpaired) electrons. The Morgan fingerprint density at radius 1 is 0.833 bits per heavy atom. The van der Waals surface area contributed by atoms with Crippen LogP contribution in [0.25, 0.3) is 10.8 Å². The SMILES string of the molecule is COc1cccc(NN=C(C)c2ccc3cc(OC)ccc3c2)c1. The van der Waals surface area contributed by atoms with Gasteiger partial charge in [-0.3, -0.25) is 5.43 Å². The molecule has 0 saturated heterocycles. The third-order valence-electron chi connectivity index (χ3n) is 3.89. The summed E-state index contributed by atoms with van der Waals surface area (Å²) in [6.45, 7) is 1.98. The second kappa shape index (κ2) is 7.04. The molecule has 0 bridgehead atoms. The molecule has 0 heterocycles. The van der Waals surface area contributed by atoms with Crippen molar-refractivity contribution >= 4 is 22.2 Å². The molecule has 122 valence electrons. The minimum Gasteiger partial charge on any atom is -0.497 e. The lowest BCUT2D eigenvalue weighted by molar-refractivity contribution is 0.415. The molecule has 3 rings (SSSR count). The van der Waals surface area contributed by atoms with Gasteiger partial charge in [0.2, 0.25) is 0 Å². The van der Waals surface area contributed by atoms with Gasteiger partial charge in [0.05, 0.1) is 25.6 Å². The summed E-state index contributed by atoms with van der Waals surface area (Å²) in [5, 5.41) is 6.77. The summed E-state index contributed by atoms with van der Waals surface area (Å²) >= 11 is 0. The second-order valence-corrected chi connectivity index (χ2v) is 5.47. The normalized spacial score (nSPS) is 11.4. The number of nitrogens with zero attached hydrogens (tertiary/aromatic N) is 1.